The first-order valence-electron chi connectivity index (χ1n) is 11.2. The fourth-order valence-electron chi connectivity index (χ4n) is 2.21. The van der Waals surface area contributed by atoms with Crippen molar-refractivity contribution in [2.45, 2.75) is 53.1 Å². The molecule has 0 saturated carbocycles. The second-order valence-corrected chi connectivity index (χ2v) is 20.6. The number of nitrogens with two attached hydrogens (primary N) is 2. The van der Waals surface area contributed by atoms with Crippen molar-refractivity contribution in [1.29, 1.82) is 0 Å². The number of aryl methyl sites for hydroxylation is 2. The molecule has 0 saturated heterocycles. The fourth-order valence-corrected chi connectivity index (χ4v) is 3.15. The van der Waals surface area contributed by atoms with Crippen LogP contribution in [0.15, 0.2) is 12.1 Å². The van der Waals surface area contributed by atoms with Gasteiger partial charge in [-0.15, -0.1) is 17.5 Å². The molecule has 0 bridgehead atoms. The van der Waals surface area contributed by atoms with Crippen molar-refractivity contribution < 1.29 is 19.1 Å². The number of nitrogen functional groups attached to an aromatic ring is 2. The van der Waals surface area contributed by atoms with Crippen molar-refractivity contribution in [3.63, 3.8) is 0 Å². The van der Waals surface area contributed by atoms with Crippen molar-refractivity contribution in [2.75, 3.05) is 25.7 Å². The molecule has 4 N–H and O–H groups in total. The predicted molar refractivity (Wildman–Crippen MR) is 165 cm³/mol. The summed E-state index contributed by atoms with van der Waals surface area (Å²) in [6, 6.07) is 3.32. The third-order valence-corrected chi connectivity index (χ3v) is 6.86. The van der Waals surface area contributed by atoms with Gasteiger partial charge in [-0.05, 0) is 48.6 Å². The van der Waals surface area contributed by atoms with Gasteiger partial charge in [-0.1, -0.05) is 45.2 Å². The summed E-state index contributed by atoms with van der Waals surface area (Å²) in [4.78, 5) is 30.9. The Kier molecular flexibility index (Phi) is 13.6. The minimum absolute atomic E-state index is 0.353. The number of hydrogen-bond donors (Lipinski definition) is 2. The molecule has 200 valence electrons. The number of aromatic nitrogens is 2. The zero-order valence-corrected chi connectivity index (χ0v) is 27.4. The summed E-state index contributed by atoms with van der Waals surface area (Å²) in [7, 11) is 0.0837. The topological polar surface area (TPSA) is 130 Å². The van der Waals surface area contributed by atoms with Gasteiger partial charge in [0.05, 0.1) is 45.9 Å². The largest absolute Gasteiger partial charge is 0.465 e. The summed E-state index contributed by atoms with van der Waals surface area (Å²) < 4.78 is 10.0. The number of terminal acetylenes is 1. The zero-order chi connectivity index (χ0) is 29.1. The molecular weight excluding hydrogens is 615 g/mol. The van der Waals surface area contributed by atoms with Crippen LogP contribution in [0.25, 0.3) is 0 Å². The Morgan fingerprint density at radius 2 is 1.27 bits per heavy atom. The van der Waals surface area contributed by atoms with Gasteiger partial charge in [0, 0.05) is 0 Å². The molecule has 2 rings (SSSR count). The van der Waals surface area contributed by atoms with Crippen LogP contribution in [0.1, 0.15) is 37.7 Å². The molecule has 0 aromatic carbocycles. The Morgan fingerprint density at radius 3 is 1.65 bits per heavy atom. The Labute approximate surface area is 236 Å². The van der Waals surface area contributed by atoms with E-state index in [0.717, 1.165) is 3.57 Å². The third kappa shape index (κ3) is 12.8. The predicted octanol–water partition coefficient (Wildman–Crippen LogP) is 4.85. The van der Waals surface area contributed by atoms with E-state index in [4.69, 9.17) is 22.6 Å². The van der Waals surface area contributed by atoms with Gasteiger partial charge in [-0.25, -0.2) is 19.6 Å². The second kappa shape index (κ2) is 14.8. The first-order chi connectivity index (χ1) is 16.9. The van der Waals surface area contributed by atoms with E-state index in [9.17, 15) is 9.59 Å². The van der Waals surface area contributed by atoms with Crippen LogP contribution in [0.5, 0.6) is 0 Å². The van der Waals surface area contributed by atoms with Crippen LogP contribution in [-0.4, -0.2) is 52.3 Å². The summed E-state index contributed by atoms with van der Waals surface area (Å²) in [5.74, 6) is 3.00. The molecule has 0 aliphatic carbocycles. The number of rotatable bonds is 2. The quantitative estimate of drug-likeness (QED) is 0.204. The molecule has 0 aliphatic rings. The lowest BCUT2D eigenvalue weighted by Gasteiger charge is -2.07. The molecule has 0 unspecified atom stereocenters. The first-order valence-corrected chi connectivity index (χ1v) is 19.3. The Balaban J connectivity index is 0.000000594. The molecule has 37 heavy (non-hydrogen) atoms. The van der Waals surface area contributed by atoms with Gasteiger partial charge in [0.15, 0.2) is 0 Å². The maximum Gasteiger partial charge on any atom is 0.339 e. The normalized spacial score (nSPS) is 10.2. The number of pyridine rings is 2. The van der Waals surface area contributed by atoms with Crippen LogP contribution >= 0.6 is 22.6 Å². The smallest absolute Gasteiger partial charge is 0.339 e. The molecule has 0 amide bonds. The molecule has 0 radical (unpaired) electrons. The summed E-state index contributed by atoms with van der Waals surface area (Å²) >= 11 is 2.02. The molecule has 0 atom stereocenters. The van der Waals surface area contributed by atoms with Crippen molar-refractivity contribution >= 4 is 62.3 Å². The van der Waals surface area contributed by atoms with E-state index in [1.165, 1.54) is 14.2 Å². The number of halogens is 1. The van der Waals surface area contributed by atoms with Crippen LogP contribution in [0, 0.1) is 40.8 Å². The Hall–Kier alpha value is -2.88. The summed E-state index contributed by atoms with van der Waals surface area (Å²) in [5, 5.41) is 0. The molecule has 0 spiro atoms. The first kappa shape index (κ1) is 34.1. The van der Waals surface area contributed by atoms with E-state index >= 15 is 0 Å². The van der Waals surface area contributed by atoms with Crippen LogP contribution in [0.4, 0.5) is 11.6 Å². The lowest BCUT2D eigenvalue weighted by molar-refractivity contribution is 0.0590. The van der Waals surface area contributed by atoms with E-state index in [1.807, 2.05) is 22.6 Å². The molecule has 8 nitrogen and oxygen atoms in total. The van der Waals surface area contributed by atoms with Gasteiger partial charge < -0.3 is 20.9 Å². The molecular formula is C26H37IN4O4Si2. The van der Waals surface area contributed by atoms with Crippen LogP contribution in [0.3, 0.4) is 0 Å². The fraction of sp³-hybridized carbons (Fsp3) is 0.385. The van der Waals surface area contributed by atoms with Gasteiger partial charge in [-0.3, -0.25) is 0 Å². The molecule has 2 aromatic heterocycles. The van der Waals surface area contributed by atoms with E-state index in [-0.39, 0.29) is 5.97 Å². The Morgan fingerprint density at radius 1 is 0.865 bits per heavy atom. The minimum atomic E-state index is -1.49. The number of anilines is 2. The molecule has 0 aliphatic heterocycles. The average molecular weight is 653 g/mol. The van der Waals surface area contributed by atoms with Crippen LogP contribution in [0.2, 0.25) is 39.3 Å². The number of esters is 2. The van der Waals surface area contributed by atoms with Crippen molar-refractivity contribution in [3.8, 4) is 23.4 Å². The standard InChI is InChI=1S/C13H18N2O2Si.C8H9IN2O2.C5H10Si/c1-9-11(13(16)17-2)8-10(12(14)15-9)6-7-18(3,4)5;1-4-5(8(12)13-2)3-6(9)7(10)11-4;1-5-6(2,3)4/h8H,1-5H3,(H2,14,15);3H,1-2H3,(H2,10,11);1H,2-4H3. The average Bonchev–Trinajstić information content (AvgIpc) is 2.79. The number of ether oxygens (including phenoxy) is 2. The number of nitrogens with zero attached hydrogens (tertiary/aromatic N) is 2. The third-order valence-electron chi connectivity index (χ3n) is 4.25. The van der Waals surface area contributed by atoms with Crippen LogP contribution < -0.4 is 11.5 Å². The van der Waals surface area contributed by atoms with Crippen molar-refractivity contribution in [3.05, 3.63) is 43.8 Å². The van der Waals surface area contributed by atoms with Gasteiger partial charge in [0.1, 0.15) is 27.8 Å². The second-order valence-electron chi connectivity index (χ2n) is 9.92. The van der Waals surface area contributed by atoms with Gasteiger partial charge in [0.25, 0.3) is 0 Å². The zero-order valence-electron chi connectivity index (χ0n) is 23.3. The SMILES string of the molecule is C#C[Si](C)(C)C.COC(=O)c1cc(C#C[Si](C)(C)C)c(N)nc1C.COC(=O)c1cc(I)c(N)nc1C. The van der Waals surface area contributed by atoms with Gasteiger partial charge in [0.2, 0.25) is 0 Å². The maximum absolute atomic E-state index is 11.6. The highest BCUT2D eigenvalue weighted by atomic mass is 127. The highest BCUT2D eigenvalue weighted by molar-refractivity contribution is 14.1. The van der Waals surface area contributed by atoms with Gasteiger partial charge >= 0.3 is 11.9 Å². The Bertz CT molecular complexity index is 1230. The van der Waals surface area contributed by atoms with Crippen LogP contribution in [-0.2, 0) is 9.47 Å². The van der Waals surface area contributed by atoms with E-state index in [0.29, 0.717) is 39.7 Å². The highest BCUT2D eigenvalue weighted by Crippen LogP contribution is 2.17. The lowest BCUT2D eigenvalue weighted by Crippen LogP contribution is -2.16. The highest BCUT2D eigenvalue weighted by Gasteiger charge is 2.14. The summed E-state index contributed by atoms with van der Waals surface area (Å²) in [5.41, 5.74) is 19.9. The molecule has 2 aromatic rings. The monoisotopic (exact) mass is 652 g/mol. The number of carbonyl (C=O) groups is 2. The number of methoxy groups -OCH3 is 2. The number of hydrogen-bond acceptors (Lipinski definition) is 8. The molecule has 2 heterocycles. The number of carbonyl (C=O) groups excluding carboxylic acids is 2. The molecule has 0 fully saturated rings. The summed E-state index contributed by atoms with van der Waals surface area (Å²) in [6.07, 6.45) is 5.12. The maximum atomic E-state index is 11.6. The van der Waals surface area contributed by atoms with E-state index in [1.54, 1.807) is 26.0 Å². The molecule has 11 heteroatoms. The van der Waals surface area contributed by atoms with E-state index in [2.05, 4.69) is 71.0 Å². The summed E-state index contributed by atoms with van der Waals surface area (Å²) in [6.45, 7) is 16.3. The van der Waals surface area contributed by atoms with Crippen molar-refractivity contribution in [1.82, 2.24) is 9.97 Å². The lowest BCUT2D eigenvalue weighted by atomic mass is 10.1. The van der Waals surface area contributed by atoms with Gasteiger partial charge in [-0.2, -0.15) is 0 Å². The van der Waals surface area contributed by atoms with E-state index < -0.39 is 22.1 Å². The van der Waals surface area contributed by atoms with Crippen molar-refractivity contribution in [2.24, 2.45) is 0 Å². The minimum Gasteiger partial charge on any atom is -0.465 e.